The Morgan fingerprint density at radius 3 is 2.56 bits per heavy atom. The molecule has 1 aromatic carbocycles. The van der Waals surface area contributed by atoms with E-state index >= 15 is 0 Å². The maximum Gasteiger partial charge on any atom is 0.0351 e. The molecule has 1 spiro atoms. The molecule has 1 aliphatic carbocycles. The van der Waals surface area contributed by atoms with Gasteiger partial charge in [0.2, 0.25) is 0 Å². The molecule has 3 rings (SSSR count). The Morgan fingerprint density at radius 1 is 1.11 bits per heavy atom. The van der Waals surface area contributed by atoms with Crippen LogP contribution in [0.3, 0.4) is 0 Å². The molecule has 1 nitrogen and oxygen atoms in total. The van der Waals surface area contributed by atoms with Gasteiger partial charge in [-0.1, -0.05) is 24.3 Å². The van der Waals surface area contributed by atoms with Crippen LogP contribution in [0.1, 0.15) is 30.4 Å². The van der Waals surface area contributed by atoms with Gasteiger partial charge in [0.1, 0.15) is 0 Å². The molecule has 0 radical (unpaired) electrons. The Kier molecular flexibility index (Phi) is 4.58. The first-order chi connectivity index (χ1) is 8.34. The lowest BCUT2D eigenvalue weighted by molar-refractivity contribution is 0.166. The molecule has 0 bridgehead atoms. The molecule has 0 aromatic heterocycles. The van der Waals surface area contributed by atoms with Crippen molar-refractivity contribution in [1.29, 1.82) is 0 Å². The van der Waals surface area contributed by atoms with Gasteiger partial charge in [0.15, 0.2) is 0 Å². The molecule has 0 N–H and O–H groups in total. The molecule has 100 valence electrons. The minimum absolute atomic E-state index is 0. The second kappa shape index (κ2) is 5.81. The summed E-state index contributed by atoms with van der Waals surface area (Å²) in [5, 5.41) is 0. The molecule has 0 saturated carbocycles. The van der Waals surface area contributed by atoms with Gasteiger partial charge in [-0.2, -0.15) is 0 Å². The zero-order chi connectivity index (χ0) is 11.7. The molecule has 0 amide bonds. The van der Waals surface area contributed by atoms with Gasteiger partial charge in [-0.05, 0) is 55.3 Å². The van der Waals surface area contributed by atoms with Gasteiger partial charge in [-0.15, -0.1) is 24.0 Å². The van der Waals surface area contributed by atoms with E-state index in [-0.39, 0.29) is 12.4 Å². The summed E-state index contributed by atoms with van der Waals surface area (Å²) in [5.74, 6) is 0.767. The van der Waals surface area contributed by atoms with Crippen molar-refractivity contribution in [2.24, 2.45) is 0 Å². The Hall–Kier alpha value is -0.240. The van der Waals surface area contributed by atoms with E-state index in [1.807, 2.05) is 0 Å². The summed E-state index contributed by atoms with van der Waals surface area (Å²) < 4.78 is 0. The van der Waals surface area contributed by atoms with Crippen LogP contribution in [0.4, 0.5) is 0 Å². The van der Waals surface area contributed by atoms with E-state index in [1.54, 1.807) is 11.1 Å². The van der Waals surface area contributed by atoms with Gasteiger partial charge >= 0.3 is 0 Å². The first kappa shape index (κ1) is 14.2. The van der Waals surface area contributed by atoms with Crippen LogP contribution in [0.5, 0.6) is 0 Å². The third kappa shape index (κ3) is 2.41. The van der Waals surface area contributed by atoms with Crippen LogP contribution in [0.2, 0.25) is 0 Å². The van der Waals surface area contributed by atoms with Crippen LogP contribution in [0.15, 0.2) is 24.3 Å². The average molecular weight is 286 g/mol. The number of likely N-dealkylation sites (tertiary alicyclic amines) is 1. The van der Waals surface area contributed by atoms with Crippen molar-refractivity contribution in [3.8, 4) is 0 Å². The number of piperidine rings is 1. The zero-order valence-corrected chi connectivity index (χ0v) is 12.3. The van der Waals surface area contributed by atoms with Crippen molar-refractivity contribution in [2.45, 2.75) is 31.1 Å². The van der Waals surface area contributed by atoms with Crippen molar-refractivity contribution in [3.63, 3.8) is 0 Å². The third-order valence-corrected chi connectivity index (χ3v) is 4.84. The second-order valence-corrected chi connectivity index (χ2v) is 5.85. The number of nitrogens with zero attached hydrogens (tertiary/aromatic N) is 1. The van der Waals surface area contributed by atoms with Gasteiger partial charge in [-0.25, -0.2) is 0 Å². The number of aryl methyl sites for hydroxylation is 1. The minimum Gasteiger partial charge on any atom is -0.302 e. The van der Waals surface area contributed by atoms with E-state index < -0.39 is 0 Å². The van der Waals surface area contributed by atoms with Crippen molar-refractivity contribution in [3.05, 3.63) is 35.4 Å². The summed E-state index contributed by atoms with van der Waals surface area (Å²) in [4.78, 5) is 2.51. The largest absolute Gasteiger partial charge is 0.302 e. The summed E-state index contributed by atoms with van der Waals surface area (Å²) in [5.41, 5.74) is 3.74. The van der Waals surface area contributed by atoms with Crippen molar-refractivity contribution in [1.82, 2.24) is 4.90 Å². The molecule has 1 aliphatic heterocycles. The number of alkyl halides is 1. The predicted molar refractivity (Wildman–Crippen MR) is 80.1 cm³/mol. The highest BCUT2D eigenvalue weighted by Gasteiger charge is 2.40. The standard InChI is InChI=1S/C15H20ClN.ClH/c16-9-12-17-10-7-15(8-11-17)6-5-13-3-1-2-4-14(13)15;/h1-4H,5-12H2;1H. The maximum atomic E-state index is 5.83. The SMILES string of the molecule is Cl.ClCCN1CCC2(CCc3ccccc32)CC1. The maximum absolute atomic E-state index is 5.83. The van der Waals surface area contributed by atoms with Crippen LogP contribution in [-0.2, 0) is 11.8 Å². The van der Waals surface area contributed by atoms with Crippen LogP contribution in [-0.4, -0.2) is 30.4 Å². The van der Waals surface area contributed by atoms with Crippen LogP contribution in [0.25, 0.3) is 0 Å². The first-order valence-electron chi connectivity index (χ1n) is 6.71. The molecular formula is C15H21Cl2N. The molecule has 0 unspecified atom stereocenters. The third-order valence-electron chi connectivity index (χ3n) is 4.68. The average Bonchev–Trinajstić information content (AvgIpc) is 2.73. The fourth-order valence-electron chi connectivity index (χ4n) is 3.61. The molecule has 1 aromatic rings. The molecule has 0 atom stereocenters. The highest BCUT2D eigenvalue weighted by Crippen LogP contribution is 2.45. The van der Waals surface area contributed by atoms with E-state index in [0.29, 0.717) is 5.41 Å². The molecule has 1 fully saturated rings. The van der Waals surface area contributed by atoms with Gasteiger partial charge < -0.3 is 4.90 Å². The fraction of sp³-hybridized carbons (Fsp3) is 0.600. The van der Waals surface area contributed by atoms with E-state index in [9.17, 15) is 0 Å². The number of halogens is 2. The lowest BCUT2D eigenvalue weighted by Crippen LogP contribution is -2.42. The Balaban J connectivity index is 0.00000120. The van der Waals surface area contributed by atoms with E-state index in [4.69, 9.17) is 11.6 Å². The Bertz CT molecular complexity index is 397. The molecule has 1 saturated heterocycles. The molecular weight excluding hydrogens is 265 g/mol. The lowest BCUT2D eigenvalue weighted by Gasteiger charge is -2.40. The number of rotatable bonds is 2. The molecule has 3 heteroatoms. The first-order valence-corrected chi connectivity index (χ1v) is 7.24. The second-order valence-electron chi connectivity index (χ2n) is 5.47. The van der Waals surface area contributed by atoms with Crippen molar-refractivity contribution >= 4 is 24.0 Å². The number of benzene rings is 1. The molecule has 2 aliphatic rings. The van der Waals surface area contributed by atoms with E-state index in [1.165, 1.54) is 38.8 Å². The quantitative estimate of drug-likeness (QED) is 0.750. The summed E-state index contributed by atoms with van der Waals surface area (Å²) in [6, 6.07) is 9.06. The van der Waals surface area contributed by atoms with Crippen molar-refractivity contribution < 1.29 is 0 Å². The zero-order valence-electron chi connectivity index (χ0n) is 10.7. The van der Waals surface area contributed by atoms with Gasteiger partial charge in [0.25, 0.3) is 0 Å². The van der Waals surface area contributed by atoms with Gasteiger partial charge in [-0.3, -0.25) is 0 Å². The summed E-state index contributed by atoms with van der Waals surface area (Å²) >= 11 is 5.83. The topological polar surface area (TPSA) is 3.24 Å². The molecule has 1 heterocycles. The summed E-state index contributed by atoms with van der Waals surface area (Å²) in [6.45, 7) is 3.50. The highest BCUT2D eigenvalue weighted by atomic mass is 35.5. The number of hydrogen-bond donors (Lipinski definition) is 0. The van der Waals surface area contributed by atoms with E-state index in [2.05, 4.69) is 29.2 Å². The number of fused-ring (bicyclic) bond motifs is 2. The highest BCUT2D eigenvalue weighted by molar-refractivity contribution is 6.18. The normalized spacial score (nSPS) is 21.6. The minimum atomic E-state index is 0. The fourth-order valence-corrected chi connectivity index (χ4v) is 3.85. The lowest BCUT2D eigenvalue weighted by atomic mass is 9.74. The molecule has 18 heavy (non-hydrogen) atoms. The monoisotopic (exact) mass is 285 g/mol. The van der Waals surface area contributed by atoms with Gasteiger partial charge in [0.05, 0.1) is 0 Å². The van der Waals surface area contributed by atoms with Crippen molar-refractivity contribution in [2.75, 3.05) is 25.5 Å². The Labute approximate surface area is 121 Å². The number of hydrogen-bond acceptors (Lipinski definition) is 1. The van der Waals surface area contributed by atoms with Crippen LogP contribution < -0.4 is 0 Å². The predicted octanol–water partition coefficient (Wildman–Crippen LogP) is 3.63. The van der Waals surface area contributed by atoms with Gasteiger partial charge in [0, 0.05) is 12.4 Å². The van der Waals surface area contributed by atoms with Crippen LogP contribution in [0, 0.1) is 0 Å². The summed E-state index contributed by atoms with van der Waals surface area (Å²) in [7, 11) is 0. The Morgan fingerprint density at radius 2 is 1.83 bits per heavy atom. The smallest absolute Gasteiger partial charge is 0.0351 e. The summed E-state index contributed by atoms with van der Waals surface area (Å²) in [6.07, 6.45) is 5.29. The van der Waals surface area contributed by atoms with Crippen LogP contribution >= 0.6 is 24.0 Å². The van der Waals surface area contributed by atoms with E-state index in [0.717, 1.165) is 12.4 Å².